The highest BCUT2D eigenvalue weighted by Gasteiger charge is 2.39. The monoisotopic (exact) mass is 509 g/mol. The number of nitrogens with zero attached hydrogens (tertiary/aromatic N) is 1. The Hall–Kier alpha value is -4.14. The fourth-order valence-electron chi connectivity index (χ4n) is 3.35. The van der Waals surface area contributed by atoms with Crippen LogP contribution in [0.3, 0.4) is 0 Å². The number of methoxy groups -OCH3 is 1. The van der Waals surface area contributed by atoms with Crippen molar-refractivity contribution >= 4 is 64.0 Å². The lowest BCUT2D eigenvalue weighted by atomic mass is 10.1. The van der Waals surface area contributed by atoms with Crippen molar-refractivity contribution in [3.05, 3.63) is 99.7 Å². The van der Waals surface area contributed by atoms with Crippen molar-refractivity contribution in [1.82, 2.24) is 0 Å². The van der Waals surface area contributed by atoms with Crippen molar-refractivity contribution in [2.75, 3.05) is 22.6 Å². The molecule has 1 aliphatic rings. The van der Waals surface area contributed by atoms with E-state index in [0.717, 1.165) is 4.90 Å². The van der Waals surface area contributed by atoms with Crippen LogP contribution in [0.5, 0.6) is 0 Å². The highest BCUT2D eigenvalue weighted by molar-refractivity contribution is 6.53. The maximum atomic E-state index is 12.9. The number of ether oxygens (including phenoxy) is 1. The van der Waals surface area contributed by atoms with E-state index in [4.69, 9.17) is 23.2 Å². The Morgan fingerprint density at radius 1 is 0.829 bits per heavy atom. The number of imide groups is 1. The molecule has 0 aromatic heterocycles. The molecule has 0 bridgehead atoms. The first-order valence-electron chi connectivity index (χ1n) is 10.2. The second kappa shape index (κ2) is 10.0. The molecular weight excluding hydrogens is 493 g/mol. The smallest absolute Gasteiger partial charge is 0.337 e. The van der Waals surface area contributed by atoms with E-state index in [2.05, 4.69) is 15.4 Å². The zero-order valence-electron chi connectivity index (χ0n) is 18.2. The predicted molar refractivity (Wildman–Crippen MR) is 133 cm³/mol. The van der Waals surface area contributed by atoms with Crippen molar-refractivity contribution in [3.8, 4) is 0 Å². The highest BCUT2D eigenvalue weighted by Crippen LogP contribution is 2.31. The predicted octanol–water partition coefficient (Wildman–Crippen LogP) is 4.81. The van der Waals surface area contributed by atoms with Gasteiger partial charge in [-0.25, -0.2) is 9.69 Å². The lowest BCUT2D eigenvalue weighted by Gasteiger charge is -2.15. The summed E-state index contributed by atoms with van der Waals surface area (Å²) >= 11 is 12.2. The molecule has 3 aromatic rings. The zero-order valence-corrected chi connectivity index (χ0v) is 19.7. The van der Waals surface area contributed by atoms with E-state index in [0.29, 0.717) is 22.0 Å². The number of rotatable bonds is 6. The lowest BCUT2D eigenvalue weighted by molar-refractivity contribution is -0.120. The molecular formula is C25H17Cl2N3O5. The summed E-state index contributed by atoms with van der Waals surface area (Å²) in [6, 6.07) is 18.8. The third kappa shape index (κ3) is 5.03. The summed E-state index contributed by atoms with van der Waals surface area (Å²) in [5.41, 5.74) is 1.65. The normalized spacial score (nSPS) is 13.2. The molecule has 3 aromatic carbocycles. The number of esters is 1. The average molecular weight is 510 g/mol. The van der Waals surface area contributed by atoms with Crippen LogP contribution in [0.15, 0.2) is 83.5 Å². The molecule has 0 radical (unpaired) electrons. The van der Waals surface area contributed by atoms with Crippen LogP contribution >= 0.6 is 23.2 Å². The van der Waals surface area contributed by atoms with Gasteiger partial charge >= 0.3 is 5.97 Å². The summed E-state index contributed by atoms with van der Waals surface area (Å²) in [7, 11) is 1.28. The molecule has 4 rings (SSSR count). The van der Waals surface area contributed by atoms with E-state index in [9.17, 15) is 19.2 Å². The van der Waals surface area contributed by atoms with Gasteiger partial charge in [0.15, 0.2) is 0 Å². The first-order valence-corrected chi connectivity index (χ1v) is 10.9. The van der Waals surface area contributed by atoms with Crippen LogP contribution in [-0.4, -0.2) is 30.8 Å². The van der Waals surface area contributed by atoms with Gasteiger partial charge in [0, 0.05) is 22.0 Å². The highest BCUT2D eigenvalue weighted by atomic mass is 35.5. The minimum absolute atomic E-state index is 0.118. The van der Waals surface area contributed by atoms with E-state index in [1.54, 1.807) is 48.5 Å². The van der Waals surface area contributed by atoms with E-state index in [1.807, 2.05) is 0 Å². The van der Waals surface area contributed by atoms with Crippen LogP contribution in [0.4, 0.5) is 17.1 Å². The third-order valence-corrected chi connectivity index (χ3v) is 5.64. The van der Waals surface area contributed by atoms with Crippen molar-refractivity contribution in [1.29, 1.82) is 0 Å². The molecule has 10 heteroatoms. The van der Waals surface area contributed by atoms with Crippen LogP contribution in [-0.2, 0) is 14.3 Å². The van der Waals surface area contributed by atoms with Gasteiger partial charge in [0.2, 0.25) is 0 Å². The second-order valence-electron chi connectivity index (χ2n) is 7.34. The van der Waals surface area contributed by atoms with E-state index in [1.165, 1.54) is 31.4 Å². The molecule has 176 valence electrons. The van der Waals surface area contributed by atoms with Crippen molar-refractivity contribution < 1.29 is 23.9 Å². The van der Waals surface area contributed by atoms with Gasteiger partial charge < -0.3 is 15.4 Å². The van der Waals surface area contributed by atoms with Gasteiger partial charge in [-0.3, -0.25) is 14.4 Å². The molecule has 3 amide bonds. The van der Waals surface area contributed by atoms with Crippen LogP contribution in [0, 0.1) is 0 Å². The van der Waals surface area contributed by atoms with Crippen molar-refractivity contribution in [2.24, 2.45) is 0 Å². The minimum Gasteiger partial charge on any atom is -0.465 e. The number of hydrogen-bond acceptors (Lipinski definition) is 6. The first-order chi connectivity index (χ1) is 16.8. The summed E-state index contributed by atoms with van der Waals surface area (Å²) in [5.74, 6) is -2.24. The molecule has 2 N–H and O–H groups in total. The molecule has 8 nitrogen and oxygen atoms in total. The standard InChI is InChI=1S/C25H17Cl2N3O5/c1-35-25(34)14-8-10-17(11-9-14)29-22(31)15-4-2-6-18(12-15)28-21-20(27)23(32)30(24(21)33)19-7-3-5-16(26)13-19/h2-13,28H,1H3,(H,29,31). The second-order valence-corrected chi connectivity index (χ2v) is 8.16. The Morgan fingerprint density at radius 2 is 1.54 bits per heavy atom. The Kier molecular flexibility index (Phi) is 6.86. The Labute approximate surface area is 210 Å². The Balaban J connectivity index is 1.50. The van der Waals surface area contributed by atoms with Crippen LogP contribution < -0.4 is 15.5 Å². The summed E-state index contributed by atoms with van der Waals surface area (Å²) in [4.78, 5) is 50.8. The van der Waals surface area contributed by atoms with E-state index in [-0.39, 0.29) is 22.0 Å². The van der Waals surface area contributed by atoms with Crippen molar-refractivity contribution in [3.63, 3.8) is 0 Å². The number of anilines is 3. The number of amides is 3. The summed E-state index contributed by atoms with van der Waals surface area (Å²) < 4.78 is 4.65. The molecule has 0 spiro atoms. The Morgan fingerprint density at radius 3 is 2.23 bits per heavy atom. The van der Waals surface area contributed by atoms with Gasteiger partial charge in [-0.05, 0) is 60.7 Å². The van der Waals surface area contributed by atoms with Crippen LogP contribution in [0.25, 0.3) is 0 Å². The number of benzene rings is 3. The Bertz CT molecular complexity index is 1390. The SMILES string of the molecule is COC(=O)c1ccc(NC(=O)c2cccc(NC3=C(Cl)C(=O)N(c4cccc(Cl)c4)C3=O)c2)cc1. The van der Waals surface area contributed by atoms with Crippen LogP contribution in [0.2, 0.25) is 5.02 Å². The van der Waals surface area contributed by atoms with Gasteiger partial charge in [0.05, 0.1) is 18.4 Å². The largest absolute Gasteiger partial charge is 0.465 e. The lowest BCUT2D eigenvalue weighted by Crippen LogP contribution is -2.32. The number of nitrogens with one attached hydrogen (secondary N) is 2. The van der Waals surface area contributed by atoms with Gasteiger partial charge in [0.1, 0.15) is 10.7 Å². The molecule has 1 heterocycles. The molecule has 0 aliphatic carbocycles. The van der Waals surface area contributed by atoms with Gasteiger partial charge in [-0.2, -0.15) is 0 Å². The molecule has 1 aliphatic heterocycles. The summed E-state index contributed by atoms with van der Waals surface area (Å²) in [5, 5.41) is 5.64. The molecule has 0 unspecified atom stereocenters. The fraction of sp³-hybridized carbons (Fsp3) is 0.0400. The fourth-order valence-corrected chi connectivity index (χ4v) is 3.75. The first kappa shape index (κ1) is 24.0. The quantitative estimate of drug-likeness (QED) is 0.364. The van der Waals surface area contributed by atoms with Crippen molar-refractivity contribution in [2.45, 2.75) is 0 Å². The molecule has 0 atom stereocenters. The summed E-state index contributed by atoms with van der Waals surface area (Å²) in [6.07, 6.45) is 0. The topological polar surface area (TPSA) is 105 Å². The minimum atomic E-state index is -0.689. The number of hydrogen-bond donors (Lipinski definition) is 2. The summed E-state index contributed by atoms with van der Waals surface area (Å²) in [6.45, 7) is 0. The van der Waals surface area contributed by atoms with E-state index >= 15 is 0 Å². The zero-order chi connectivity index (χ0) is 25.1. The van der Waals surface area contributed by atoms with Gasteiger partial charge in [-0.15, -0.1) is 0 Å². The third-order valence-electron chi connectivity index (χ3n) is 5.05. The van der Waals surface area contributed by atoms with Gasteiger partial charge in [0.25, 0.3) is 17.7 Å². The van der Waals surface area contributed by atoms with Gasteiger partial charge in [-0.1, -0.05) is 35.3 Å². The molecule has 35 heavy (non-hydrogen) atoms. The maximum absolute atomic E-state index is 12.9. The maximum Gasteiger partial charge on any atom is 0.337 e. The molecule has 0 saturated carbocycles. The van der Waals surface area contributed by atoms with E-state index < -0.39 is 23.7 Å². The number of carbonyl (C=O) groups is 4. The molecule has 0 fully saturated rings. The molecule has 0 saturated heterocycles. The number of halogens is 2. The average Bonchev–Trinajstić information content (AvgIpc) is 3.07. The number of carbonyl (C=O) groups excluding carboxylic acids is 4. The van der Waals surface area contributed by atoms with Crippen LogP contribution in [0.1, 0.15) is 20.7 Å².